The van der Waals surface area contributed by atoms with E-state index in [0.29, 0.717) is 0 Å². The second-order valence-corrected chi connectivity index (χ2v) is 3.38. The molecule has 0 bridgehead atoms. The monoisotopic (exact) mass is 163 g/mol. The molecule has 0 spiro atoms. The molecular formula is C11H15O. The van der Waals surface area contributed by atoms with Crippen molar-refractivity contribution in [2.24, 2.45) is 0 Å². The van der Waals surface area contributed by atoms with E-state index in [-0.39, 0.29) is 6.61 Å². The third-order valence-electron chi connectivity index (χ3n) is 2.66. The van der Waals surface area contributed by atoms with Crippen molar-refractivity contribution in [2.45, 2.75) is 34.3 Å². The topological polar surface area (TPSA) is 19.9 Å². The van der Waals surface area contributed by atoms with Gasteiger partial charge in [0.05, 0.1) is 0 Å². The molecule has 65 valence electrons. The Hall–Kier alpha value is -0.820. The van der Waals surface area contributed by atoms with Crippen LogP contribution in [0.25, 0.3) is 0 Å². The van der Waals surface area contributed by atoms with Gasteiger partial charge in [-0.25, -0.2) is 5.11 Å². The Morgan fingerprint density at radius 2 is 1.58 bits per heavy atom. The third-order valence-corrected chi connectivity index (χ3v) is 2.66. The summed E-state index contributed by atoms with van der Waals surface area (Å²) in [7, 11) is 0. The van der Waals surface area contributed by atoms with Gasteiger partial charge in [-0.15, -0.1) is 0 Å². The van der Waals surface area contributed by atoms with E-state index in [1.54, 1.807) is 0 Å². The van der Waals surface area contributed by atoms with E-state index in [2.05, 4.69) is 19.9 Å². The highest BCUT2D eigenvalue weighted by Gasteiger charge is 2.06. The molecule has 1 aromatic rings. The van der Waals surface area contributed by atoms with E-state index in [0.717, 1.165) is 11.1 Å². The van der Waals surface area contributed by atoms with Crippen molar-refractivity contribution in [3.8, 4) is 0 Å². The lowest BCUT2D eigenvalue weighted by Crippen LogP contribution is -1.97. The van der Waals surface area contributed by atoms with Gasteiger partial charge in [0.1, 0.15) is 6.61 Å². The molecule has 0 unspecified atom stereocenters. The first-order chi connectivity index (χ1) is 5.57. The van der Waals surface area contributed by atoms with Crippen LogP contribution in [0.1, 0.15) is 27.8 Å². The lowest BCUT2D eigenvalue weighted by atomic mass is 9.95. The first kappa shape index (κ1) is 9.27. The molecule has 1 aromatic carbocycles. The lowest BCUT2D eigenvalue weighted by molar-refractivity contribution is 0.176. The predicted molar refractivity (Wildman–Crippen MR) is 49.8 cm³/mol. The van der Waals surface area contributed by atoms with Crippen molar-refractivity contribution >= 4 is 0 Å². The average Bonchev–Trinajstić information content (AvgIpc) is 2.01. The van der Waals surface area contributed by atoms with Gasteiger partial charge in [-0.1, -0.05) is 6.07 Å². The first-order valence-electron chi connectivity index (χ1n) is 4.22. The van der Waals surface area contributed by atoms with Gasteiger partial charge in [0.25, 0.3) is 0 Å². The van der Waals surface area contributed by atoms with Gasteiger partial charge in [0.2, 0.25) is 0 Å². The molecule has 1 radical (unpaired) electrons. The first-order valence-corrected chi connectivity index (χ1v) is 4.22. The fourth-order valence-corrected chi connectivity index (χ4v) is 1.56. The SMILES string of the molecule is Cc1cc(C)c(C[O])c(C)c1C. The summed E-state index contributed by atoms with van der Waals surface area (Å²) in [5, 5.41) is 10.8. The van der Waals surface area contributed by atoms with Crippen LogP contribution in [0.2, 0.25) is 0 Å². The maximum atomic E-state index is 10.8. The summed E-state index contributed by atoms with van der Waals surface area (Å²) in [6.07, 6.45) is 0. The number of aryl methyl sites for hydroxylation is 2. The highest BCUT2D eigenvalue weighted by Crippen LogP contribution is 2.21. The van der Waals surface area contributed by atoms with E-state index < -0.39 is 0 Å². The zero-order chi connectivity index (χ0) is 9.30. The minimum absolute atomic E-state index is 0.0984. The van der Waals surface area contributed by atoms with Crippen molar-refractivity contribution in [1.82, 2.24) is 0 Å². The molecular weight excluding hydrogens is 148 g/mol. The van der Waals surface area contributed by atoms with E-state index >= 15 is 0 Å². The molecule has 0 aliphatic heterocycles. The molecule has 0 saturated heterocycles. The molecule has 0 aromatic heterocycles. The Labute approximate surface area is 74.1 Å². The van der Waals surface area contributed by atoms with Gasteiger partial charge in [0, 0.05) is 0 Å². The largest absolute Gasteiger partial charge is 0.232 e. The molecule has 1 nitrogen and oxygen atoms in total. The van der Waals surface area contributed by atoms with Crippen LogP contribution in [0.5, 0.6) is 0 Å². The van der Waals surface area contributed by atoms with E-state index in [4.69, 9.17) is 0 Å². The summed E-state index contributed by atoms with van der Waals surface area (Å²) in [4.78, 5) is 0. The fourth-order valence-electron chi connectivity index (χ4n) is 1.56. The Kier molecular flexibility index (Phi) is 2.53. The second kappa shape index (κ2) is 3.28. The van der Waals surface area contributed by atoms with Crippen molar-refractivity contribution < 1.29 is 5.11 Å². The zero-order valence-electron chi connectivity index (χ0n) is 8.19. The number of benzene rings is 1. The molecule has 0 atom stereocenters. The molecule has 0 N–H and O–H groups in total. The summed E-state index contributed by atoms with van der Waals surface area (Å²) in [6.45, 7) is 8.10. The molecule has 0 aliphatic rings. The van der Waals surface area contributed by atoms with Crippen LogP contribution in [0.4, 0.5) is 0 Å². The van der Waals surface area contributed by atoms with Crippen molar-refractivity contribution in [3.05, 3.63) is 33.9 Å². The van der Waals surface area contributed by atoms with Crippen LogP contribution in [-0.2, 0) is 11.7 Å². The zero-order valence-corrected chi connectivity index (χ0v) is 8.19. The van der Waals surface area contributed by atoms with Gasteiger partial charge in [-0.05, 0) is 55.5 Å². The number of rotatable bonds is 1. The van der Waals surface area contributed by atoms with Crippen LogP contribution < -0.4 is 0 Å². The van der Waals surface area contributed by atoms with Gasteiger partial charge in [-0.3, -0.25) is 0 Å². The highest BCUT2D eigenvalue weighted by molar-refractivity contribution is 5.43. The molecule has 0 aliphatic carbocycles. The van der Waals surface area contributed by atoms with Gasteiger partial charge < -0.3 is 0 Å². The molecule has 1 heteroatoms. The average molecular weight is 163 g/mol. The maximum absolute atomic E-state index is 10.8. The van der Waals surface area contributed by atoms with Gasteiger partial charge in [-0.2, -0.15) is 0 Å². The molecule has 12 heavy (non-hydrogen) atoms. The van der Waals surface area contributed by atoms with Crippen LogP contribution in [-0.4, -0.2) is 0 Å². The normalized spacial score (nSPS) is 10.4. The van der Waals surface area contributed by atoms with Crippen LogP contribution >= 0.6 is 0 Å². The van der Waals surface area contributed by atoms with E-state index in [9.17, 15) is 5.11 Å². The van der Waals surface area contributed by atoms with Crippen LogP contribution in [0.15, 0.2) is 6.07 Å². The second-order valence-electron chi connectivity index (χ2n) is 3.38. The lowest BCUT2D eigenvalue weighted by Gasteiger charge is -2.11. The summed E-state index contributed by atoms with van der Waals surface area (Å²) >= 11 is 0. The van der Waals surface area contributed by atoms with Crippen molar-refractivity contribution in [2.75, 3.05) is 0 Å². The van der Waals surface area contributed by atoms with Crippen molar-refractivity contribution in [3.63, 3.8) is 0 Å². The standard InChI is InChI=1S/C11H15O/c1-7-5-8(2)11(6-12)10(4)9(7)3/h5H,6H2,1-4H3. The summed E-state index contributed by atoms with van der Waals surface area (Å²) in [6, 6.07) is 2.09. The summed E-state index contributed by atoms with van der Waals surface area (Å²) in [5.41, 5.74) is 5.81. The van der Waals surface area contributed by atoms with Crippen LogP contribution in [0, 0.1) is 27.7 Å². The van der Waals surface area contributed by atoms with E-state index in [1.807, 2.05) is 13.8 Å². The summed E-state index contributed by atoms with van der Waals surface area (Å²) < 4.78 is 0. The van der Waals surface area contributed by atoms with E-state index in [1.165, 1.54) is 16.7 Å². The minimum Gasteiger partial charge on any atom is -0.232 e. The molecule has 0 fully saturated rings. The Balaban J connectivity index is 3.40. The van der Waals surface area contributed by atoms with Gasteiger partial charge in [0.15, 0.2) is 0 Å². The quantitative estimate of drug-likeness (QED) is 0.606. The summed E-state index contributed by atoms with van der Waals surface area (Å²) in [5.74, 6) is 0. The van der Waals surface area contributed by atoms with Crippen LogP contribution in [0.3, 0.4) is 0 Å². The molecule has 1 rings (SSSR count). The Morgan fingerprint density at radius 3 is 2.08 bits per heavy atom. The molecule has 0 saturated carbocycles. The maximum Gasteiger partial charge on any atom is 0.108 e. The Bertz CT molecular complexity index is 300. The smallest absolute Gasteiger partial charge is 0.108 e. The molecule has 0 amide bonds. The third kappa shape index (κ3) is 1.37. The number of hydrogen-bond acceptors (Lipinski definition) is 0. The van der Waals surface area contributed by atoms with Crippen molar-refractivity contribution in [1.29, 1.82) is 0 Å². The van der Waals surface area contributed by atoms with Gasteiger partial charge >= 0.3 is 0 Å². The Morgan fingerprint density at radius 1 is 1.00 bits per heavy atom. The molecule has 0 heterocycles. The predicted octanol–water partition coefficient (Wildman–Crippen LogP) is 2.85. The number of hydrogen-bond donors (Lipinski definition) is 0. The fraction of sp³-hybridized carbons (Fsp3) is 0.455. The minimum atomic E-state index is -0.0984. The highest BCUT2D eigenvalue weighted by atomic mass is 16.3.